The van der Waals surface area contributed by atoms with Crippen LogP contribution in [0.4, 0.5) is 0 Å². The zero-order chi connectivity index (χ0) is 22.3. The van der Waals surface area contributed by atoms with Crippen LogP contribution in [-0.2, 0) is 4.74 Å². The third-order valence-corrected chi connectivity index (χ3v) is 5.05. The number of hydrogen-bond acceptors (Lipinski definition) is 8. The lowest BCUT2D eigenvalue weighted by Crippen LogP contribution is -2.13. The summed E-state index contributed by atoms with van der Waals surface area (Å²) in [4.78, 5) is 24.8. The monoisotopic (exact) mass is 426 g/mol. The predicted octanol–water partition coefficient (Wildman–Crippen LogP) is 3.44. The lowest BCUT2D eigenvalue weighted by Gasteiger charge is -2.18. The maximum Gasteiger partial charge on any atom is 0.340 e. The minimum absolute atomic E-state index is 0.0201. The molecule has 0 spiro atoms. The van der Waals surface area contributed by atoms with Crippen LogP contribution >= 0.6 is 0 Å². The molecule has 0 aromatic heterocycles. The molecule has 0 aliphatic carbocycles. The van der Waals surface area contributed by atoms with Gasteiger partial charge in [-0.05, 0) is 35.2 Å². The first-order valence-electron chi connectivity index (χ1n) is 9.07. The molecule has 0 atom stereocenters. The number of carbonyl (C=O) groups is 2. The van der Waals surface area contributed by atoms with E-state index in [1.54, 1.807) is 24.3 Å². The summed E-state index contributed by atoms with van der Waals surface area (Å²) in [5.41, 5.74) is -0.199. The number of esters is 1. The third-order valence-electron chi connectivity index (χ3n) is 5.05. The smallest absolute Gasteiger partial charge is 0.340 e. The predicted molar refractivity (Wildman–Crippen MR) is 109 cm³/mol. The number of aromatic hydroxyl groups is 1. The van der Waals surface area contributed by atoms with Crippen molar-refractivity contribution in [3.8, 4) is 39.9 Å². The first kappa shape index (κ1) is 20.1. The van der Waals surface area contributed by atoms with E-state index in [0.717, 1.165) is 7.11 Å². The van der Waals surface area contributed by atoms with E-state index in [0.29, 0.717) is 33.9 Å². The highest BCUT2D eigenvalue weighted by Gasteiger charge is 2.31. The number of carboxylic acid groups (broad SMARTS) is 1. The fourth-order valence-corrected chi connectivity index (χ4v) is 3.66. The maximum atomic E-state index is 12.7. The molecule has 4 rings (SSSR count). The summed E-state index contributed by atoms with van der Waals surface area (Å²) < 4.78 is 26.3. The molecule has 0 fully saturated rings. The molecule has 3 aromatic rings. The molecule has 1 aliphatic heterocycles. The van der Waals surface area contributed by atoms with Gasteiger partial charge in [0, 0.05) is 10.9 Å². The molecule has 0 amide bonds. The number of carbonyl (C=O) groups excluding carboxylic acids is 1. The van der Waals surface area contributed by atoms with Crippen LogP contribution in [-0.4, -0.2) is 50.3 Å². The summed E-state index contributed by atoms with van der Waals surface area (Å²) in [6.45, 7) is -0.0201. The Morgan fingerprint density at radius 2 is 1.55 bits per heavy atom. The average molecular weight is 426 g/mol. The fraction of sp³-hybridized carbons (Fsp3) is 0.182. The quantitative estimate of drug-likeness (QED) is 0.591. The van der Waals surface area contributed by atoms with Crippen LogP contribution in [0.2, 0.25) is 0 Å². The maximum absolute atomic E-state index is 12.7. The second-order valence-corrected chi connectivity index (χ2v) is 6.59. The number of phenols is 1. The molecular weight excluding hydrogens is 408 g/mol. The number of benzene rings is 3. The average Bonchev–Trinajstić information content (AvgIpc) is 3.24. The van der Waals surface area contributed by atoms with Gasteiger partial charge in [0.2, 0.25) is 6.79 Å². The number of ether oxygens (including phenoxy) is 5. The van der Waals surface area contributed by atoms with Crippen LogP contribution in [0, 0.1) is 0 Å². The largest absolute Gasteiger partial charge is 0.506 e. The van der Waals surface area contributed by atoms with Crippen molar-refractivity contribution in [1.29, 1.82) is 0 Å². The summed E-state index contributed by atoms with van der Waals surface area (Å²) in [5, 5.41) is 21.2. The van der Waals surface area contributed by atoms with Gasteiger partial charge in [0.25, 0.3) is 0 Å². The van der Waals surface area contributed by atoms with E-state index in [9.17, 15) is 19.8 Å². The van der Waals surface area contributed by atoms with Gasteiger partial charge in [0.15, 0.2) is 23.0 Å². The van der Waals surface area contributed by atoms with E-state index < -0.39 is 23.3 Å². The van der Waals surface area contributed by atoms with Crippen molar-refractivity contribution in [2.45, 2.75) is 0 Å². The van der Waals surface area contributed by atoms with Gasteiger partial charge in [-0.15, -0.1) is 0 Å². The van der Waals surface area contributed by atoms with Gasteiger partial charge in [0.1, 0.15) is 11.3 Å². The van der Waals surface area contributed by atoms with Gasteiger partial charge < -0.3 is 33.9 Å². The van der Waals surface area contributed by atoms with Crippen LogP contribution in [0.3, 0.4) is 0 Å². The zero-order valence-electron chi connectivity index (χ0n) is 16.8. The minimum Gasteiger partial charge on any atom is -0.506 e. The van der Waals surface area contributed by atoms with Crippen molar-refractivity contribution in [2.75, 3.05) is 28.1 Å². The number of aromatic carboxylic acids is 1. The van der Waals surface area contributed by atoms with Crippen LogP contribution in [0.15, 0.2) is 30.3 Å². The molecule has 1 aliphatic rings. The summed E-state index contributed by atoms with van der Waals surface area (Å²) in [7, 11) is 4.07. The van der Waals surface area contributed by atoms with Crippen LogP contribution in [0.1, 0.15) is 20.7 Å². The highest BCUT2D eigenvalue weighted by Crippen LogP contribution is 2.47. The van der Waals surface area contributed by atoms with Crippen LogP contribution < -0.4 is 18.9 Å². The Kier molecular flexibility index (Phi) is 4.94. The van der Waals surface area contributed by atoms with Crippen molar-refractivity contribution in [1.82, 2.24) is 0 Å². The van der Waals surface area contributed by atoms with Gasteiger partial charge >= 0.3 is 11.9 Å². The van der Waals surface area contributed by atoms with E-state index in [2.05, 4.69) is 0 Å². The van der Waals surface area contributed by atoms with Gasteiger partial charge in [0.05, 0.1) is 26.9 Å². The second-order valence-electron chi connectivity index (χ2n) is 6.59. The molecule has 160 valence electrons. The summed E-state index contributed by atoms with van der Waals surface area (Å²) in [5.74, 6) is -1.42. The molecular formula is C22H18O9. The number of hydrogen-bond donors (Lipinski definition) is 2. The van der Waals surface area contributed by atoms with E-state index >= 15 is 0 Å². The second kappa shape index (κ2) is 7.60. The van der Waals surface area contributed by atoms with Crippen LogP contribution in [0.5, 0.6) is 28.7 Å². The molecule has 9 heteroatoms. The first-order chi connectivity index (χ1) is 14.9. The number of carboxylic acids is 1. The number of methoxy groups -OCH3 is 3. The Balaban J connectivity index is 2.19. The SMILES string of the molecule is COC(=O)c1c(C(=O)O)c(O)c2cc3c(cc2c1-c1ccc(OC)c(OC)c1)OCO3. The molecule has 2 N–H and O–H groups in total. The number of rotatable bonds is 5. The fourth-order valence-electron chi connectivity index (χ4n) is 3.66. The summed E-state index contributed by atoms with van der Waals surface area (Å²) >= 11 is 0. The van der Waals surface area contributed by atoms with Gasteiger partial charge in [-0.3, -0.25) is 0 Å². The summed E-state index contributed by atoms with van der Waals surface area (Å²) in [6, 6.07) is 7.94. The van der Waals surface area contributed by atoms with Crippen molar-refractivity contribution in [3.63, 3.8) is 0 Å². The van der Waals surface area contributed by atoms with E-state index in [1.807, 2.05) is 0 Å². The van der Waals surface area contributed by atoms with Crippen molar-refractivity contribution < 1.29 is 43.5 Å². The Hall–Kier alpha value is -4.14. The lowest BCUT2D eigenvalue weighted by atomic mass is 9.88. The molecule has 0 saturated heterocycles. The Morgan fingerprint density at radius 1 is 0.903 bits per heavy atom. The van der Waals surface area contributed by atoms with Crippen molar-refractivity contribution >= 4 is 22.7 Å². The highest BCUT2D eigenvalue weighted by atomic mass is 16.7. The molecule has 31 heavy (non-hydrogen) atoms. The molecule has 0 bridgehead atoms. The minimum atomic E-state index is -1.49. The van der Waals surface area contributed by atoms with Crippen molar-refractivity contribution in [2.24, 2.45) is 0 Å². The Bertz CT molecular complexity index is 1230. The Labute approximate surface area is 176 Å². The standard InChI is InChI=1S/C22H18O9/c1-27-13-5-4-10(6-14(13)28-2)17-11-7-15-16(31-9-30-15)8-12(11)20(23)19(21(24)25)18(17)22(26)29-3/h4-8,23H,9H2,1-3H3,(H,24,25). The highest BCUT2D eigenvalue weighted by molar-refractivity contribution is 6.18. The third kappa shape index (κ3) is 3.10. The van der Waals surface area contributed by atoms with Gasteiger partial charge in [-0.1, -0.05) is 6.07 Å². The number of fused-ring (bicyclic) bond motifs is 2. The van der Waals surface area contributed by atoms with Gasteiger partial charge in [-0.25, -0.2) is 9.59 Å². The van der Waals surface area contributed by atoms with E-state index in [1.165, 1.54) is 20.3 Å². The molecule has 3 aromatic carbocycles. The van der Waals surface area contributed by atoms with Gasteiger partial charge in [-0.2, -0.15) is 0 Å². The molecule has 1 heterocycles. The van der Waals surface area contributed by atoms with E-state index in [-0.39, 0.29) is 23.3 Å². The summed E-state index contributed by atoms with van der Waals surface area (Å²) in [6.07, 6.45) is 0. The molecule has 0 radical (unpaired) electrons. The molecule has 0 unspecified atom stereocenters. The first-order valence-corrected chi connectivity index (χ1v) is 9.07. The lowest BCUT2D eigenvalue weighted by molar-refractivity contribution is 0.0582. The molecule has 0 saturated carbocycles. The van der Waals surface area contributed by atoms with Crippen LogP contribution in [0.25, 0.3) is 21.9 Å². The van der Waals surface area contributed by atoms with Crippen molar-refractivity contribution in [3.05, 3.63) is 41.5 Å². The zero-order valence-corrected chi connectivity index (χ0v) is 16.8. The Morgan fingerprint density at radius 3 is 2.13 bits per heavy atom. The normalized spacial score (nSPS) is 12.0. The molecule has 9 nitrogen and oxygen atoms in total. The topological polar surface area (TPSA) is 121 Å². The van der Waals surface area contributed by atoms with E-state index in [4.69, 9.17) is 23.7 Å².